The van der Waals surface area contributed by atoms with Gasteiger partial charge in [0.1, 0.15) is 0 Å². The van der Waals surface area contributed by atoms with E-state index < -0.39 is 30.0 Å². The van der Waals surface area contributed by atoms with Gasteiger partial charge in [-0.2, -0.15) is 0 Å². The maximum Gasteiger partial charge on any atom is 0.335 e. The van der Waals surface area contributed by atoms with E-state index >= 15 is 0 Å². The second-order valence-electron chi connectivity index (χ2n) is 5.86. The summed E-state index contributed by atoms with van der Waals surface area (Å²) in [5, 5.41) is 65.2. The molecule has 0 radical (unpaired) electrons. The lowest BCUT2D eigenvalue weighted by Gasteiger charge is -1.95. The molecule has 1 unspecified atom stereocenters. The molecular formula is C21H26O12. The van der Waals surface area contributed by atoms with E-state index in [0.29, 0.717) is 0 Å². The van der Waals surface area contributed by atoms with Gasteiger partial charge in [0, 0.05) is 0 Å². The van der Waals surface area contributed by atoms with Crippen molar-refractivity contribution in [3.05, 3.63) is 70.8 Å². The molecule has 0 heterocycles. The van der Waals surface area contributed by atoms with Crippen LogP contribution in [0.15, 0.2) is 48.5 Å². The molecule has 0 aliphatic carbocycles. The number of aliphatic hydroxyl groups is 4. The molecule has 2 aromatic rings. The van der Waals surface area contributed by atoms with Crippen LogP contribution < -0.4 is 0 Å². The van der Waals surface area contributed by atoms with Gasteiger partial charge in [0.2, 0.25) is 0 Å². The molecule has 0 aliphatic heterocycles. The Hall–Kier alpha value is -3.84. The van der Waals surface area contributed by atoms with Crippen molar-refractivity contribution in [3.8, 4) is 0 Å². The van der Waals surface area contributed by atoms with E-state index in [1.807, 2.05) is 0 Å². The number of hydrogen-bond acceptors (Lipinski definition) is 8. The Kier molecular flexibility index (Phi) is 16.9. The number of benzene rings is 2. The molecule has 33 heavy (non-hydrogen) atoms. The van der Waals surface area contributed by atoms with Gasteiger partial charge in [-0.25, -0.2) is 19.2 Å². The van der Waals surface area contributed by atoms with Crippen LogP contribution in [0.3, 0.4) is 0 Å². The lowest BCUT2D eigenvalue weighted by Crippen LogP contribution is -2.03. The van der Waals surface area contributed by atoms with E-state index in [0.717, 1.165) is 6.07 Å². The van der Waals surface area contributed by atoms with E-state index in [9.17, 15) is 19.2 Å². The van der Waals surface area contributed by atoms with Crippen LogP contribution in [0.4, 0.5) is 0 Å². The van der Waals surface area contributed by atoms with Crippen LogP contribution >= 0.6 is 0 Å². The third-order valence-corrected chi connectivity index (χ3v) is 3.10. The van der Waals surface area contributed by atoms with Crippen LogP contribution in [-0.4, -0.2) is 90.7 Å². The van der Waals surface area contributed by atoms with Crippen LogP contribution in [0.25, 0.3) is 0 Å². The molecule has 182 valence electrons. The van der Waals surface area contributed by atoms with Gasteiger partial charge in [-0.15, -0.1) is 0 Å². The topological polar surface area (TPSA) is 230 Å². The predicted octanol–water partition coefficient (Wildman–Crippen LogP) is 0.497. The lowest BCUT2D eigenvalue weighted by molar-refractivity contribution is 0.0681. The smallest absolute Gasteiger partial charge is 0.335 e. The Morgan fingerprint density at radius 1 is 0.636 bits per heavy atom. The van der Waals surface area contributed by atoms with Crippen molar-refractivity contribution in [2.45, 2.75) is 13.0 Å². The highest BCUT2D eigenvalue weighted by Gasteiger charge is 2.07. The van der Waals surface area contributed by atoms with Gasteiger partial charge in [0.15, 0.2) is 0 Å². The third kappa shape index (κ3) is 15.6. The number of aromatic carboxylic acids is 4. The summed E-state index contributed by atoms with van der Waals surface area (Å²) < 4.78 is 0. The van der Waals surface area contributed by atoms with Crippen molar-refractivity contribution >= 4 is 23.9 Å². The first-order valence-corrected chi connectivity index (χ1v) is 9.05. The summed E-state index contributed by atoms with van der Waals surface area (Å²) in [4.78, 5) is 41.4. The number of carbonyl (C=O) groups is 4. The number of carboxylic acids is 4. The SMILES string of the molecule is CC(O)CO.O=C(O)c1ccc(C(=O)O)cc1.O=C(O)c1cccc(C(=O)O)c1.OCCO. The van der Waals surface area contributed by atoms with Crippen molar-refractivity contribution in [1.29, 1.82) is 0 Å². The zero-order valence-corrected chi connectivity index (χ0v) is 17.5. The average Bonchev–Trinajstić information content (AvgIpc) is 2.80. The second kappa shape index (κ2) is 17.8. The molecule has 0 spiro atoms. The average molecular weight is 470 g/mol. The summed E-state index contributed by atoms with van der Waals surface area (Å²) >= 11 is 0. The van der Waals surface area contributed by atoms with Gasteiger partial charge in [-0.1, -0.05) is 6.07 Å². The van der Waals surface area contributed by atoms with Crippen LogP contribution in [0.5, 0.6) is 0 Å². The molecule has 2 rings (SSSR count). The number of rotatable bonds is 6. The molecule has 12 nitrogen and oxygen atoms in total. The molecule has 0 amide bonds. The highest BCUT2D eigenvalue weighted by molar-refractivity contribution is 5.93. The quantitative estimate of drug-likeness (QED) is 0.288. The largest absolute Gasteiger partial charge is 0.478 e. The fourth-order valence-electron chi connectivity index (χ4n) is 1.54. The maximum atomic E-state index is 10.4. The number of carboxylic acid groups (broad SMARTS) is 4. The maximum absolute atomic E-state index is 10.4. The molecule has 0 bridgehead atoms. The minimum atomic E-state index is -1.13. The van der Waals surface area contributed by atoms with Gasteiger partial charge in [0.05, 0.1) is 48.2 Å². The summed E-state index contributed by atoms with van der Waals surface area (Å²) in [6, 6.07) is 10.2. The van der Waals surface area contributed by atoms with Gasteiger partial charge in [-0.3, -0.25) is 0 Å². The summed E-state index contributed by atoms with van der Waals surface area (Å²) in [5.41, 5.74) is 0.129. The fourth-order valence-corrected chi connectivity index (χ4v) is 1.54. The van der Waals surface area contributed by atoms with Gasteiger partial charge in [-0.05, 0) is 49.4 Å². The Morgan fingerprint density at radius 3 is 1.09 bits per heavy atom. The number of aliphatic hydroxyl groups excluding tert-OH is 4. The summed E-state index contributed by atoms with van der Waals surface area (Å²) in [6.07, 6.45) is -0.560. The monoisotopic (exact) mass is 470 g/mol. The van der Waals surface area contributed by atoms with Gasteiger partial charge < -0.3 is 40.9 Å². The Balaban J connectivity index is 0. The fraction of sp³-hybridized carbons (Fsp3) is 0.238. The Bertz CT molecular complexity index is 811. The molecular weight excluding hydrogens is 444 g/mol. The zero-order valence-electron chi connectivity index (χ0n) is 17.5. The normalized spacial score (nSPS) is 9.97. The molecule has 0 aromatic heterocycles. The van der Waals surface area contributed by atoms with E-state index in [2.05, 4.69) is 0 Å². The first-order chi connectivity index (χ1) is 15.4. The van der Waals surface area contributed by atoms with Gasteiger partial charge in [0.25, 0.3) is 0 Å². The molecule has 0 saturated heterocycles. The van der Waals surface area contributed by atoms with Crippen molar-refractivity contribution in [3.63, 3.8) is 0 Å². The minimum absolute atomic E-state index is 0.0186. The molecule has 8 N–H and O–H groups in total. The van der Waals surface area contributed by atoms with Crippen LogP contribution in [-0.2, 0) is 0 Å². The lowest BCUT2D eigenvalue weighted by atomic mass is 10.1. The summed E-state index contributed by atoms with van der Waals surface area (Å²) in [5.74, 6) is -4.38. The van der Waals surface area contributed by atoms with E-state index in [4.69, 9.17) is 40.9 Å². The predicted molar refractivity (Wildman–Crippen MR) is 114 cm³/mol. The first kappa shape index (κ1) is 31.3. The molecule has 12 heteroatoms. The van der Waals surface area contributed by atoms with Crippen molar-refractivity contribution in [2.75, 3.05) is 19.8 Å². The minimum Gasteiger partial charge on any atom is -0.478 e. The highest BCUT2D eigenvalue weighted by atomic mass is 16.4. The molecule has 0 fully saturated rings. The Morgan fingerprint density at radius 2 is 0.909 bits per heavy atom. The highest BCUT2D eigenvalue weighted by Crippen LogP contribution is 2.05. The number of hydrogen-bond donors (Lipinski definition) is 8. The van der Waals surface area contributed by atoms with Crippen LogP contribution in [0, 0.1) is 0 Å². The first-order valence-electron chi connectivity index (χ1n) is 9.05. The molecule has 1 atom stereocenters. The molecule has 2 aromatic carbocycles. The van der Waals surface area contributed by atoms with Crippen molar-refractivity contribution < 1.29 is 60.0 Å². The summed E-state index contributed by atoms with van der Waals surface area (Å²) in [7, 11) is 0. The summed E-state index contributed by atoms with van der Waals surface area (Å²) in [6.45, 7) is 1.14. The third-order valence-electron chi connectivity index (χ3n) is 3.10. The van der Waals surface area contributed by atoms with Crippen LogP contribution in [0.2, 0.25) is 0 Å². The van der Waals surface area contributed by atoms with Crippen LogP contribution in [0.1, 0.15) is 48.4 Å². The van der Waals surface area contributed by atoms with Gasteiger partial charge >= 0.3 is 23.9 Å². The second-order valence-corrected chi connectivity index (χ2v) is 5.86. The van der Waals surface area contributed by atoms with E-state index in [-0.39, 0.29) is 42.1 Å². The molecule has 0 aliphatic rings. The van der Waals surface area contributed by atoms with E-state index in [1.54, 1.807) is 0 Å². The van der Waals surface area contributed by atoms with Crippen molar-refractivity contribution in [1.82, 2.24) is 0 Å². The van der Waals surface area contributed by atoms with Crippen molar-refractivity contribution in [2.24, 2.45) is 0 Å². The zero-order chi connectivity index (χ0) is 26.0. The molecule has 0 saturated carbocycles. The standard InChI is InChI=1S/2C8H6O4.C3H8O2.C2H6O2/c9-7(10)5-1-2-6(4-3-5)8(11)12;9-7(10)5-2-1-3-6(4-5)8(11)12;1-3(5)2-4;3-1-2-4/h2*1-4H,(H,9,10)(H,11,12);3-5H,2H2,1H3;3-4H,1-2H2. The van der Waals surface area contributed by atoms with E-state index in [1.165, 1.54) is 49.4 Å². The Labute approximate surface area is 188 Å².